The fourth-order valence-electron chi connectivity index (χ4n) is 1.82. The molecule has 0 unspecified atom stereocenters. The third kappa shape index (κ3) is 2.01. The van der Waals surface area contributed by atoms with Gasteiger partial charge >= 0.3 is 0 Å². The van der Waals surface area contributed by atoms with E-state index in [0.717, 1.165) is 27.2 Å². The Labute approximate surface area is 113 Å². The molecule has 2 aromatic carbocycles. The summed E-state index contributed by atoms with van der Waals surface area (Å²) < 4.78 is 6.63. The normalized spacial score (nSPS) is 12.8. The van der Waals surface area contributed by atoms with E-state index in [2.05, 4.69) is 21.2 Å². The number of para-hydroxylation sites is 2. The summed E-state index contributed by atoms with van der Waals surface area (Å²) in [6.45, 7) is 0.537. The number of nitrogens with one attached hydrogen (secondary N) is 1. The molecule has 3 rings (SSSR count). The first kappa shape index (κ1) is 10.9. The minimum atomic E-state index is 0.537. The lowest BCUT2D eigenvalue weighted by atomic mass is 10.2. The first-order valence-corrected chi connectivity index (χ1v) is 6.38. The molecule has 0 saturated heterocycles. The molecule has 0 spiro atoms. The second kappa shape index (κ2) is 4.24. The molecule has 0 saturated carbocycles. The van der Waals surface area contributed by atoms with Gasteiger partial charge in [0.1, 0.15) is 12.4 Å². The van der Waals surface area contributed by atoms with E-state index in [-0.39, 0.29) is 0 Å². The van der Waals surface area contributed by atoms with Gasteiger partial charge in [-0.1, -0.05) is 23.7 Å². The van der Waals surface area contributed by atoms with E-state index in [0.29, 0.717) is 11.6 Å². The minimum Gasteiger partial charge on any atom is -0.487 e. The van der Waals surface area contributed by atoms with Crippen LogP contribution < -0.4 is 10.1 Å². The van der Waals surface area contributed by atoms with E-state index in [1.54, 1.807) is 0 Å². The van der Waals surface area contributed by atoms with Crippen molar-refractivity contribution in [1.29, 1.82) is 0 Å². The highest BCUT2D eigenvalue weighted by atomic mass is 79.9. The zero-order valence-electron chi connectivity index (χ0n) is 8.84. The van der Waals surface area contributed by atoms with Crippen molar-refractivity contribution in [2.24, 2.45) is 0 Å². The quantitative estimate of drug-likeness (QED) is 0.759. The molecule has 2 aromatic rings. The Morgan fingerprint density at radius 1 is 1.18 bits per heavy atom. The van der Waals surface area contributed by atoms with E-state index in [1.807, 2.05) is 36.4 Å². The van der Waals surface area contributed by atoms with Crippen molar-refractivity contribution in [2.45, 2.75) is 6.61 Å². The molecule has 17 heavy (non-hydrogen) atoms. The molecule has 2 nitrogen and oxygen atoms in total. The van der Waals surface area contributed by atoms with Crippen molar-refractivity contribution < 1.29 is 4.74 Å². The van der Waals surface area contributed by atoms with Gasteiger partial charge in [0.05, 0.1) is 10.7 Å². The van der Waals surface area contributed by atoms with Crippen molar-refractivity contribution in [1.82, 2.24) is 0 Å². The summed E-state index contributed by atoms with van der Waals surface area (Å²) in [6, 6.07) is 11.8. The van der Waals surface area contributed by atoms with Gasteiger partial charge in [-0.3, -0.25) is 0 Å². The molecule has 4 heteroatoms. The molecule has 0 fully saturated rings. The van der Waals surface area contributed by atoms with Gasteiger partial charge in [0, 0.05) is 15.7 Å². The third-order valence-electron chi connectivity index (χ3n) is 2.69. The van der Waals surface area contributed by atoms with E-state index in [9.17, 15) is 0 Å². The lowest BCUT2D eigenvalue weighted by molar-refractivity contribution is 0.310. The zero-order chi connectivity index (χ0) is 11.8. The van der Waals surface area contributed by atoms with E-state index in [4.69, 9.17) is 16.3 Å². The van der Waals surface area contributed by atoms with Gasteiger partial charge in [-0.25, -0.2) is 0 Å². The van der Waals surface area contributed by atoms with Crippen LogP contribution in [0.2, 0.25) is 5.02 Å². The summed E-state index contributed by atoms with van der Waals surface area (Å²) in [4.78, 5) is 0. The van der Waals surface area contributed by atoms with Crippen molar-refractivity contribution in [3.63, 3.8) is 0 Å². The molecule has 86 valence electrons. The molecule has 0 aliphatic carbocycles. The number of hydrogen-bond donors (Lipinski definition) is 1. The molecule has 0 radical (unpaired) electrons. The van der Waals surface area contributed by atoms with Gasteiger partial charge in [0.25, 0.3) is 0 Å². The van der Waals surface area contributed by atoms with Gasteiger partial charge in [0.15, 0.2) is 0 Å². The molecule has 1 heterocycles. The molecule has 0 aromatic heterocycles. The summed E-state index contributed by atoms with van der Waals surface area (Å²) in [5.41, 5.74) is 3.03. The van der Waals surface area contributed by atoms with Crippen molar-refractivity contribution in [3.8, 4) is 5.75 Å². The van der Waals surface area contributed by atoms with Gasteiger partial charge in [-0.15, -0.1) is 0 Å². The first-order chi connectivity index (χ1) is 8.24. The molecule has 1 N–H and O–H groups in total. The van der Waals surface area contributed by atoms with Crippen LogP contribution in [0.4, 0.5) is 11.4 Å². The Morgan fingerprint density at radius 3 is 2.88 bits per heavy atom. The fraction of sp³-hybridized carbons (Fsp3) is 0.0769. The summed E-state index contributed by atoms with van der Waals surface area (Å²) in [5.74, 6) is 0.857. The van der Waals surface area contributed by atoms with Crippen LogP contribution in [0.1, 0.15) is 5.56 Å². The topological polar surface area (TPSA) is 21.3 Å². The molecule has 1 aliphatic rings. The molecule has 1 aliphatic heterocycles. The second-order valence-electron chi connectivity index (χ2n) is 3.83. The monoisotopic (exact) mass is 309 g/mol. The lowest BCUT2D eigenvalue weighted by Crippen LogP contribution is -1.94. The van der Waals surface area contributed by atoms with Crippen LogP contribution in [0.5, 0.6) is 5.75 Å². The zero-order valence-corrected chi connectivity index (χ0v) is 11.2. The maximum atomic E-state index is 6.10. The predicted molar refractivity (Wildman–Crippen MR) is 73.2 cm³/mol. The number of fused-ring (bicyclic) bond motifs is 2. The van der Waals surface area contributed by atoms with Crippen molar-refractivity contribution in [3.05, 3.63) is 51.5 Å². The van der Waals surface area contributed by atoms with Crippen LogP contribution in [0.15, 0.2) is 40.9 Å². The Morgan fingerprint density at radius 2 is 2.00 bits per heavy atom. The average Bonchev–Trinajstić information content (AvgIpc) is 2.49. The SMILES string of the molecule is Clc1cc2c(cc1Br)COc1ccccc1N2. The second-order valence-corrected chi connectivity index (χ2v) is 5.09. The van der Waals surface area contributed by atoms with Crippen LogP contribution in [0.3, 0.4) is 0 Å². The molecule has 0 atom stereocenters. The number of ether oxygens (including phenoxy) is 1. The highest BCUT2D eigenvalue weighted by Gasteiger charge is 2.14. The van der Waals surface area contributed by atoms with Gasteiger partial charge in [-0.2, -0.15) is 0 Å². The van der Waals surface area contributed by atoms with E-state index < -0.39 is 0 Å². The molecular weight excluding hydrogens is 302 g/mol. The van der Waals surface area contributed by atoms with Crippen molar-refractivity contribution in [2.75, 3.05) is 5.32 Å². The lowest BCUT2D eigenvalue weighted by Gasteiger charge is -2.08. The van der Waals surface area contributed by atoms with Crippen LogP contribution in [0.25, 0.3) is 0 Å². The van der Waals surface area contributed by atoms with Crippen molar-refractivity contribution >= 4 is 38.9 Å². The minimum absolute atomic E-state index is 0.537. The summed E-state index contributed by atoms with van der Waals surface area (Å²) >= 11 is 9.52. The van der Waals surface area contributed by atoms with Crippen LogP contribution in [0, 0.1) is 0 Å². The van der Waals surface area contributed by atoms with E-state index >= 15 is 0 Å². The van der Waals surface area contributed by atoms with E-state index in [1.165, 1.54) is 0 Å². The highest BCUT2D eigenvalue weighted by Crippen LogP contribution is 2.37. The number of halogens is 2. The Bertz CT molecular complexity index is 586. The Kier molecular flexibility index (Phi) is 2.73. The molecular formula is C13H9BrClNO. The fourth-order valence-corrected chi connectivity index (χ4v) is 2.37. The molecule has 0 amide bonds. The highest BCUT2D eigenvalue weighted by molar-refractivity contribution is 9.10. The number of hydrogen-bond acceptors (Lipinski definition) is 2. The van der Waals surface area contributed by atoms with Gasteiger partial charge in [-0.05, 0) is 40.2 Å². The van der Waals surface area contributed by atoms with Crippen LogP contribution in [-0.2, 0) is 6.61 Å². The maximum Gasteiger partial charge on any atom is 0.143 e. The largest absolute Gasteiger partial charge is 0.487 e. The van der Waals surface area contributed by atoms with Gasteiger partial charge < -0.3 is 10.1 Å². The smallest absolute Gasteiger partial charge is 0.143 e. The Balaban J connectivity index is 2.11. The first-order valence-electron chi connectivity index (χ1n) is 5.21. The summed E-state index contributed by atoms with van der Waals surface area (Å²) in [7, 11) is 0. The number of anilines is 2. The Hall–Kier alpha value is -1.19. The third-order valence-corrected chi connectivity index (χ3v) is 3.88. The maximum absolute atomic E-state index is 6.10. The van der Waals surface area contributed by atoms with Crippen LogP contribution >= 0.6 is 27.5 Å². The molecule has 0 bridgehead atoms. The standard InChI is InChI=1S/C13H9BrClNO/c14-9-5-8-7-17-13-4-2-1-3-11(13)16-12(8)6-10(9)15/h1-6,16H,7H2. The van der Waals surface area contributed by atoms with Gasteiger partial charge in [0.2, 0.25) is 0 Å². The van der Waals surface area contributed by atoms with Crippen LogP contribution in [-0.4, -0.2) is 0 Å². The number of benzene rings is 2. The number of rotatable bonds is 0. The summed E-state index contributed by atoms with van der Waals surface area (Å²) in [6.07, 6.45) is 0. The predicted octanol–water partition coefficient (Wildman–Crippen LogP) is 4.74. The summed E-state index contributed by atoms with van der Waals surface area (Å²) in [5, 5.41) is 4.03. The average molecular weight is 311 g/mol.